The summed E-state index contributed by atoms with van der Waals surface area (Å²) in [4.78, 5) is 26.0. The summed E-state index contributed by atoms with van der Waals surface area (Å²) in [7, 11) is 1.57. The standard InChI is InChI=1S/C15H18N2O3/c1-20-13-6-5-10(16)7-9(13)8-17-14(18)11-3-2-4-12(11)15(17)19/h5-7,11-12H,2-4,8,16H2,1H3. The number of hydrogen-bond acceptors (Lipinski definition) is 4. The maximum atomic E-state index is 12.3. The molecule has 2 amide bonds. The van der Waals surface area contributed by atoms with Crippen molar-refractivity contribution in [3.63, 3.8) is 0 Å². The van der Waals surface area contributed by atoms with Gasteiger partial charge in [-0.2, -0.15) is 0 Å². The molecule has 1 aliphatic carbocycles. The topological polar surface area (TPSA) is 72.6 Å². The molecule has 0 spiro atoms. The Kier molecular flexibility index (Phi) is 3.12. The first-order valence-electron chi connectivity index (χ1n) is 6.89. The molecule has 2 atom stereocenters. The second kappa shape index (κ2) is 4.81. The van der Waals surface area contributed by atoms with Crippen LogP contribution in [0.3, 0.4) is 0 Å². The van der Waals surface area contributed by atoms with Gasteiger partial charge in [-0.3, -0.25) is 14.5 Å². The van der Waals surface area contributed by atoms with Gasteiger partial charge in [0.2, 0.25) is 11.8 Å². The summed E-state index contributed by atoms with van der Waals surface area (Å²) in [6, 6.07) is 5.26. The Morgan fingerprint density at radius 3 is 2.50 bits per heavy atom. The van der Waals surface area contributed by atoms with Crippen LogP contribution in [-0.4, -0.2) is 23.8 Å². The van der Waals surface area contributed by atoms with Crippen LogP contribution in [0.5, 0.6) is 5.75 Å². The molecule has 3 rings (SSSR count). The van der Waals surface area contributed by atoms with Gasteiger partial charge in [-0.05, 0) is 31.0 Å². The summed E-state index contributed by atoms with van der Waals surface area (Å²) in [5, 5.41) is 0. The number of nitrogens with zero attached hydrogens (tertiary/aromatic N) is 1. The third kappa shape index (κ3) is 1.94. The minimum Gasteiger partial charge on any atom is -0.496 e. The quantitative estimate of drug-likeness (QED) is 0.670. The zero-order valence-electron chi connectivity index (χ0n) is 11.5. The molecule has 1 saturated heterocycles. The van der Waals surface area contributed by atoms with E-state index in [1.807, 2.05) is 0 Å². The number of ether oxygens (including phenoxy) is 1. The van der Waals surface area contributed by atoms with E-state index in [1.165, 1.54) is 4.90 Å². The molecule has 0 aromatic heterocycles. The van der Waals surface area contributed by atoms with E-state index in [4.69, 9.17) is 10.5 Å². The second-order valence-electron chi connectivity index (χ2n) is 5.48. The van der Waals surface area contributed by atoms with Crippen LogP contribution >= 0.6 is 0 Å². The van der Waals surface area contributed by atoms with Crippen LogP contribution in [0.4, 0.5) is 5.69 Å². The number of carbonyl (C=O) groups is 2. The van der Waals surface area contributed by atoms with E-state index in [0.29, 0.717) is 11.4 Å². The molecule has 1 aliphatic heterocycles. The van der Waals surface area contributed by atoms with E-state index in [0.717, 1.165) is 24.8 Å². The fourth-order valence-corrected chi connectivity index (χ4v) is 3.31. The average Bonchev–Trinajstić information content (AvgIpc) is 2.99. The number of amides is 2. The number of nitrogens with two attached hydrogens (primary N) is 1. The average molecular weight is 274 g/mol. The molecule has 0 bridgehead atoms. The zero-order chi connectivity index (χ0) is 14.3. The van der Waals surface area contributed by atoms with Gasteiger partial charge in [-0.15, -0.1) is 0 Å². The number of fused-ring (bicyclic) bond motifs is 1. The monoisotopic (exact) mass is 274 g/mol. The Labute approximate surface area is 117 Å². The highest BCUT2D eigenvalue weighted by atomic mass is 16.5. The lowest BCUT2D eigenvalue weighted by atomic mass is 10.00. The second-order valence-corrected chi connectivity index (χ2v) is 5.48. The molecule has 2 unspecified atom stereocenters. The highest BCUT2D eigenvalue weighted by Gasteiger charge is 2.49. The fourth-order valence-electron chi connectivity index (χ4n) is 3.31. The van der Waals surface area contributed by atoms with Crippen molar-refractivity contribution in [3.05, 3.63) is 23.8 Å². The molecule has 106 valence electrons. The third-order valence-corrected chi connectivity index (χ3v) is 4.32. The van der Waals surface area contributed by atoms with Crippen LogP contribution in [0, 0.1) is 11.8 Å². The van der Waals surface area contributed by atoms with Gasteiger partial charge in [-0.1, -0.05) is 6.42 Å². The lowest BCUT2D eigenvalue weighted by molar-refractivity contribution is -0.141. The minimum absolute atomic E-state index is 0.0398. The van der Waals surface area contributed by atoms with Gasteiger partial charge < -0.3 is 10.5 Å². The first-order valence-corrected chi connectivity index (χ1v) is 6.89. The van der Waals surface area contributed by atoms with Crippen molar-refractivity contribution in [1.82, 2.24) is 4.90 Å². The number of hydrogen-bond donors (Lipinski definition) is 1. The summed E-state index contributed by atoms with van der Waals surface area (Å²) in [6.45, 7) is 0.249. The molecule has 5 nitrogen and oxygen atoms in total. The van der Waals surface area contributed by atoms with Gasteiger partial charge in [0.25, 0.3) is 0 Å². The Morgan fingerprint density at radius 2 is 1.90 bits per heavy atom. The summed E-state index contributed by atoms with van der Waals surface area (Å²) < 4.78 is 5.27. The van der Waals surface area contributed by atoms with E-state index in [-0.39, 0.29) is 30.2 Å². The van der Waals surface area contributed by atoms with Gasteiger partial charge >= 0.3 is 0 Å². The number of imide groups is 1. The Balaban J connectivity index is 1.86. The lowest BCUT2D eigenvalue weighted by Crippen LogP contribution is -2.31. The highest BCUT2D eigenvalue weighted by molar-refractivity contribution is 6.05. The number of benzene rings is 1. The first-order chi connectivity index (χ1) is 9.61. The molecule has 1 saturated carbocycles. The Morgan fingerprint density at radius 1 is 1.25 bits per heavy atom. The zero-order valence-corrected chi connectivity index (χ0v) is 11.5. The number of methoxy groups -OCH3 is 1. The summed E-state index contributed by atoms with van der Waals surface area (Å²) in [6.07, 6.45) is 2.64. The van der Waals surface area contributed by atoms with Crippen LogP contribution in [0.1, 0.15) is 24.8 Å². The third-order valence-electron chi connectivity index (χ3n) is 4.32. The van der Waals surface area contributed by atoms with Crippen molar-refractivity contribution < 1.29 is 14.3 Å². The number of anilines is 1. The fraction of sp³-hybridized carbons (Fsp3) is 0.467. The van der Waals surface area contributed by atoms with E-state index < -0.39 is 0 Å². The molecule has 5 heteroatoms. The maximum Gasteiger partial charge on any atom is 0.233 e. The number of likely N-dealkylation sites (tertiary alicyclic amines) is 1. The molecule has 0 radical (unpaired) electrons. The predicted octanol–water partition coefficient (Wildman–Crippen LogP) is 1.56. The minimum atomic E-state index is -0.102. The van der Waals surface area contributed by atoms with Gasteiger partial charge in [-0.25, -0.2) is 0 Å². The van der Waals surface area contributed by atoms with Gasteiger partial charge in [0.1, 0.15) is 5.75 Å². The van der Waals surface area contributed by atoms with Crippen LogP contribution in [0.15, 0.2) is 18.2 Å². The van der Waals surface area contributed by atoms with Crippen molar-refractivity contribution >= 4 is 17.5 Å². The summed E-state index contributed by atoms with van der Waals surface area (Å²) in [5.41, 5.74) is 7.14. The van der Waals surface area contributed by atoms with Crippen molar-refractivity contribution in [1.29, 1.82) is 0 Å². The van der Waals surface area contributed by atoms with Gasteiger partial charge in [0.15, 0.2) is 0 Å². The van der Waals surface area contributed by atoms with Gasteiger partial charge in [0.05, 0.1) is 25.5 Å². The van der Waals surface area contributed by atoms with Gasteiger partial charge in [0, 0.05) is 11.3 Å². The number of nitrogen functional groups attached to an aromatic ring is 1. The Bertz CT molecular complexity index is 548. The molecule has 1 aromatic carbocycles. The van der Waals surface area contributed by atoms with Crippen LogP contribution < -0.4 is 10.5 Å². The van der Waals surface area contributed by atoms with Crippen molar-refractivity contribution in [2.45, 2.75) is 25.8 Å². The smallest absolute Gasteiger partial charge is 0.233 e. The number of carbonyl (C=O) groups excluding carboxylic acids is 2. The van der Waals surface area contributed by atoms with E-state index >= 15 is 0 Å². The van der Waals surface area contributed by atoms with E-state index in [2.05, 4.69) is 0 Å². The molecule has 2 fully saturated rings. The summed E-state index contributed by atoms with van der Waals surface area (Å²) in [5.74, 6) is 0.366. The predicted molar refractivity (Wildman–Crippen MR) is 73.8 cm³/mol. The Hall–Kier alpha value is -2.04. The SMILES string of the molecule is COc1ccc(N)cc1CN1C(=O)C2CCCC2C1=O. The molecule has 2 aliphatic rings. The van der Waals surface area contributed by atoms with Crippen molar-refractivity contribution in [3.8, 4) is 5.75 Å². The van der Waals surface area contributed by atoms with E-state index in [9.17, 15) is 9.59 Å². The molecule has 1 aromatic rings. The van der Waals surface area contributed by atoms with Crippen molar-refractivity contribution in [2.75, 3.05) is 12.8 Å². The first kappa shape index (κ1) is 13.0. The van der Waals surface area contributed by atoms with E-state index in [1.54, 1.807) is 25.3 Å². The maximum absolute atomic E-state index is 12.3. The molecular formula is C15H18N2O3. The van der Waals surface area contributed by atoms with Crippen LogP contribution in [0.25, 0.3) is 0 Å². The molecule has 20 heavy (non-hydrogen) atoms. The summed E-state index contributed by atoms with van der Waals surface area (Å²) >= 11 is 0. The highest BCUT2D eigenvalue weighted by Crippen LogP contribution is 2.40. The largest absolute Gasteiger partial charge is 0.496 e. The lowest BCUT2D eigenvalue weighted by Gasteiger charge is -2.18. The van der Waals surface area contributed by atoms with Crippen LogP contribution in [-0.2, 0) is 16.1 Å². The molecular weight excluding hydrogens is 256 g/mol. The van der Waals surface area contributed by atoms with Crippen LogP contribution in [0.2, 0.25) is 0 Å². The number of rotatable bonds is 3. The molecule has 1 heterocycles. The molecule has 2 N–H and O–H groups in total. The normalized spacial score (nSPS) is 25.1. The van der Waals surface area contributed by atoms with Crippen molar-refractivity contribution in [2.24, 2.45) is 11.8 Å².